The Morgan fingerprint density at radius 2 is 0.921 bits per heavy atom. The largest absolute Gasteiger partial charge is 0.147 e. The van der Waals surface area contributed by atoms with Crippen LogP contribution in [0.5, 0.6) is 0 Å². The minimum absolute atomic E-state index is 0. The van der Waals surface area contributed by atoms with Gasteiger partial charge >= 0.3 is 224 Å². The van der Waals surface area contributed by atoms with E-state index in [-0.39, 0.29) is 24.8 Å². The summed E-state index contributed by atoms with van der Waals surface area (Å²) in [4.78, 5) is 0. The van der Waals surface area contributed by atoms with Gasteiger partial charge in [0.05, 0.1) is 0 Å². The van der Waals surface area contributed by atoms with Crippen molar-refractivity contribution >= 4 is 43.8 Å². The molecule has 4 aliphatic rings. The van der Waals surface area contributed by atoms with Gasteiger partial charge in [0.1, 0.15) is 0 Å². The second kappa shape index (κ2) is 11.5. The molecule has 2 fully saturated rings. The van der Waals surface area contributed by atoms with E-state index in [1.807, 2.05) is 0 Å². The van der Waals surface area contributed by atoms with E-state index in [0.717, 1.165) is 11.8 Å². The molecule has 0 saturated heterocycles. The average molecular weight is 647 g/mol. The van der Waals surface area contributed by atoms with Crippen LogP contribution in [0, 0.1) is 0 Å². The van der Waals surface area contributed by atoms with Gasteiger partial charge in [-0.15, -0.1) is 24.8 Å². The number of fused-ring (bicyclic) bond motifs is 2. The summed E-state index contributed by atoms with van der Waals surface area (Å²) in [6.45, 7) is 7.44. The number of benzene rings is 2. The van der Waals surface area contributed by atoms with Crippen molar-refractivity contribution in [2.75, 3.05) is 0 Å². The van der Waals surface area contributed by atoms with Crippen molar-refractivity contribution in [2.24, 2.45) is 0 Å². The van der Waals surface area contributed by atoms with E-state index in [1.54, 1.807) is 44.5 Å². The van der Waals surface area contributed by atoms with Gasteiger partial charge in [-0.1, -0.05) is 0 Å². The number of rotatable bonds is 4. The van der Waals surface area contributed by atoms with Gasteiger partial charge in [0, 0.05) is 0 Å². The molecule has 206 valence electrons. The molecule has 2 aromatic rings. The van der Waals surface area contributed by atoms with Gasteiger partial charge in [-0.3, -0.25) is 0 Å². The molecule has 0 bridgehead atoms. The van der Waals surface area contributed by atoms with Gasteiger partial charge < -0.3 is 0 Å². The average Bonchev–Trinajstić information content (AvgIpc) is 3.41. The molecule has 0 aromatic heterocycles. The first-order valence-electron chi connectivity index (χ1n) is 14.9. The summed E-state index contributed by atoms with van der Waals surface area (Å²) in [7, 11) is 0. The molecule has 6 rings (SSSR count). The van der Waals surface area contributed by atoms with Crippen molar-refractivity contribution in [3.8, 4) is 0 Å². The Morgan fingerprint density at radius 3 is 1.29 bits per heavy atom. The minimum Gasteiger partial charge on any atom is -0.147 e. The van der Waals surface area contributed by atoms with Crippen molar-refractivity contribution < 1.29 is 17.4 Å². The quantitative estimate of drug-likeness (QED) is 0.290. The molecule has 2 aromatic carbocycles. The fraction of sp³-hybridized carbons (Fsp3) is 0.529. The Bertz CT molecular complexity index is 1220. The van der Waals surface area contributed by atoms with Crippen LogP contribution in [0.25, 0.3) is 12.2 Å². The summed E-state index contributed by atoms with van der Waals surface area (Å²) in [5.41, 5.74) is 13.3. The Hall–Kier alpha value is -0.400. The molecule has 2 unspecified atom stereocenters. The second-order valence-electron chi connectivity index (χ2n) is 13.9. The van der Waals surface area contributed by atoms with Gasteiger partial charge in [-0.25, -0.2) is 0 Å². The van der Waals surface area contributed by atoms with Crippen LogP contribution in [0.3, 0.4) is 0 Å². The molecule has 0 radical (unpaired) electrons. The van der Waals surface area contributed by atoms with Crippen molar-refractivity contribution in [3.63, 3.8) is 0 Å². The Balaban J connectivity index is 0.00000168. The SMILES string of the molecule is CC1=Cc2c(C3CCCCC3)cccc2[CH]1[Zr]([CH3])([CH3])(=[SiH2])[CH]1C(C)=Cc2c(C3CCCCC3)cccc21.Cl.Cl. The molecule has 4 heteroatoms. The summed E-state index contributed by atoms with van der Waals surface area (Å²) in [5.74, 6) is 1.55. The van der Waals surface area contributed by atoms with Gasteiger partial charge in [0.2, 0.25) is 0 Å². The Labute approximate surface area is 246 Å². The summed E-state index contributed by atoms with van der Waals surface area (Å²) in [5, 5.41) is 0. The van der Waals surface area contributed by atoms with Crippen LogP contribution < -0.4 is 0 Å². The zero-order valence-corrected chi connectivity index (χ0v) is 29.5. The van der Waals surface area contributed by atoms with Crippen molar-refractivity contribution in [2.45, 2.75) is 106 Å². The fourth-order valence-corrected chi connectivity index (χ4v) is 30.6. The molecule has 4 aliphatic carbocycles. The molecule has 38 heavy (non-hydrogen) atoms. The number of allylic oxidation sites excluding steroid dienone is 2. The number of halogens is 2. The molecule has 0 aliphatic heterocycles. The van der Waals surface area contributed by atoms with E-state index >= 15 is 0 Å². The molecule has 0 N–H and O–H groups in total. The maximum atomic E-state index is 2.80. The van der Waals surface area contributed by atoms with Crippen LogP contribution in [-0.2, 0) is 17.4 Å². The molecule has 0 spiro atoms. The molecule has 2 atom stereocenters. The van der Waals surface area contributed by atoms with Crippen LogP contribution >= 0.6 is 24.8 Å². The molecule has 0 heterocycles. The smallest absolute Gasteiger partial charge is 0.147 e. The van der Waals surface area contributed by atoms with Crippen molar-refractivity contribution in [3.05, 3.63) is 80.9 Å². The minimum atomic E-state index is -3.38. The summed E-state index contributed by atoms with van der Waals surface area (Å²) in [6.07, 6.45) is 19.3. The van der Waals surface area contributed by atoms with Gasteiger partial charge in [0.15, 0.2) is 0 Å². The molecule has 2 saturated carbocycles. The zero-order chi connectivity index (χ0) is 25.1. The molecular weight excluding hydrogens is 599 g/mol. The van der Waals surface area contributed by atoms with E-state index in [0.29, 0.717) is 7.25 Å². The van der Waals surface area contributed by atoms with Crippen LogP contribution in [0.1, 0.15) is 131 Å². The second-order valence-corrected chi connectivity index (χ2v) is 44.4. The van der Waals surface area contributed by atoms with E-state index in [9.17, 15) is 0 Å². The van der Waals surface area contributed by atoms with Crippen LogP contribution in [-0.4, -0.2) is 6.88 Å². The number of hydrogen-bond donors (Lipinski definition) is 0. The molecule has 0 nitrogen and oxygen atoms in total. The van der Waals surface area contributed by atoms with Crippen LogP contribution in [0.15, 0.2) is 47.5 Å². The van der Waals surface area contributed by atoms with Gasteiger partial charge in [-0.05, 0) is 0 Å². The van der Waals surface area contributed by atoms with Crippen molar-refractivity contribution in [1.29, 1.82) is 0 Å². The first kappa shape index (κ1) is 30.6. The monoisotopic (exact) mass is 644 g/mol. The first-order chi connectivity index (χ1) is 17.2. The predicted molar refractivity (Wildman–Crippen MR) is 172 cm³/mol. The zero-order valence-electron chi connectivity index (χ0n) is 24.0. The van der Waals surface area contributed by atoms with Crippen molar-refractivity contribution in [1.82, 2.24) is 0 Å². The summed E-state index contributed by atoms with van der Waals surface area (Å²) in [6, 6.07) is 14.8. The van der Waals surface area contributed by atoms with Gasteiger partial charge in [0.25, 0.3) is 0 Å². The Kier molecular flexibility index (Phi) is 9.22. The third-order valence-electron chi connectivity index (χ3n) is 10.6. The fourth-order valence-electron chi connectivity index (χ4n) is 9.38. The molecule has 0 amide bonds. The van der Waals surface area contributed by atoms with Crippen LogP contribution in [0.4, 0.5) is 0 Å². The third kappa shape index (κ3) is 5.08. The van der Waals surface area contributed by atoms with E-state index in [4.69, 9.17) is 0 Å². The standard InChI is InChI=1S/2C16H19.2CH3.2ClH.H2Si.Zr/c2*1-12-10-14-8-5-9-15(16(14)11-12)13-6-3-2-4-7-13;;;;;;/h2*5,8-11,13H,2-4,6-7H2,1H3;2*1H3;2*1H;1H2;. The van der Waals surface area contributed by atoms with E-state index < -0.39 is 17.4 Å². The normalized spacial score (nSPS) is 24.0. The number of hydrogen-bond acceptors (Lipinski definition) is 0. The molecular formula is C34H48Cl2SiZr. The maximum Gasteiger partial charge on any atom is -0.147 e. The van der Waals surface area contributed by atoms with Crippen LogP contribution in [0.2, 0.25) is 9.26 Å². The first-order valence-corrected chi connectivity index (χ1v) is 28.6. The van der Waals surface area contributed by atoms with E-state index in [1.165, 1.54) is 64.2 Å². The Morgan fingerprint density at radius 1 is 0.579 bits per heavy atom. The maximum absolute atomic E-state index is 3.38. The third-order valence-corrected chi connectivity index (χ3v) is 28.5. The summed E-state index contributed by atoms with van der Waals surface area (Å²) < 4.78 is 6.91. The van der Waals surface area contributed by atoms with E-state index in [2.05, 4.69) is 78.5 Å². The summed E-state index contributed by atoms with van der Waals surface area (Å²) >= 11 is -3.38. The predicted octanol–water partition coefficient (Wildman–Crippen LogP) is 10.6. The van der Waals surface area contributed by atoms with Gasteiger partial charge in [-0.2, -0.15) is 0 Å². The topological polar surface area (TPSA) is 0 Å².